The van der Waals surface area contributed by atoms with E-state index >= 15 is 0 Å². The number of hydrogen-bond donors (Lipinski definition) is 1. The quantitative estimate of drug-likeness (QED) is 0.518. The van der Waals surface area contributed by atoms with Crippen LogP contribution < -0.4 is 15.2 Å². The van der Waals surface area contributed by atoms with Crippen molar-refractivity contribution < 1.29 is 9.47 Å². The molecule has 0 aliphatic carbocycles. The van der Waals surface area contributed by atoms with Gasteiger partial charge in [-0.2, -0.15) is 0 Å². The number of unbranched alkanes of at least 4 members (excludes halogenated alkanes) is 2. The predicted molar refractivity (Wildman–Crippen MR) is 91.8 cm³/mol. The predicted octanol–water partition coefficient (Wildman–Crippen LogP) is 4.27. The van der Waals surface area contributed by atoms with Crippen LogP contribution in [0.15, 0.2) is 17.0 Å². The Hall–Kier alpha value is -0.870. The highest BCUT2D eigenvalue weighted by atomic mass is 32.2. The second-order valence-corrected chi connectivity index (χ2v) is 6.38. The van der Waals surface area contributed by atoms with Crippen LogP contribution in [0.2, 0.25) is 0 Å². The van der Waals surface area contributed by atoms with Crippen LogP contribution in [-0.2, 0) is 6.42 Å². The van der Waals surface area contributed by atoms with Gasteiger partial charge in [0, 0.05) is 6.04 Å². The molecule has 1 aromatic carbocycles. The summed E-state index contributed by atoms with van der Waals surface area (Å²) >= 11 is 1.84. The third-order valence-corrected chi connectivity index (χ3v) is 4.70. The Morgan fingerprint density at radius 3 is 2.38 bits per heavy atom. The molecule has 1 aromatic rings. The normalized spacial score (nSPS) is 12.2. The number of hydrogen-bond acceptors (Lipinski definition) is 4. The van der Waals surface area contributed by atoms with Gasteiger partial charge in [-0.15, -0.1) is 11.8 Å². The van der Waals surface area contributed by atoms with Gasteiger partial charge in [0.05, 0.1) is 19.1 Å². The Bertz CT molecular complexity index is 423. The Morgan fingerprint density at radius 2 is 1.81 bits per heavy atom. The van der Waals surface area contributed by atoms with Gasteiger partial charge in [0.15, 0.2) is 0 Å². The first-order valence-corrected chi connectivity index (χ1v) is 8.78. The van der Waals surface area contributed by atoms with Crippen LogP contribution >= 0.6 is 11.8 Å². The van der Waals surface area contributed by atoms with Gasteiger partial charge in [0.25, 0.3) is 0 Å². The largest absolute Gasteiger partial charge is 0.496 e. The SMILES string of the molecule is CCCCCSc1cc(OC)c(CC(N)CC)cc1OC. The first-order valence-electron chi connectivity index (χ1n) is 7.79. The lowest BCUT2D eigenvalue weighted by atomic mass is 10.0. The fraction of sp³-hybridized carbons (Fsp3) is 0.647. The molecule has 1 unspecified atom stereocenters. The highest BCUT2D eigenvalue weighted by Crippen LogP contribution is 2.36. The van der Waals surface area contributed by atoms with E-state index in [1.54, 1.807) is 14.2 Å². The molecule has 0 saturated heterocycles. The molecule has 1 atom stereocenters. The second-order valence-electron chi connectivity index (χ2n) is 5.24. The van der Waals surface area contributed by atoms with Crippen LogP contribution in [0.25, 0.3) is 0 Å². The van der Waals surface area contributed by atoms with Crippen molar-refractivity contribution in [2.75, 3.05) is 20.0 Å². The molecule has 120 valence electrons. The minimum atomic E-state index is 0.159. The van der Waals surface area contributed by atoms with Crippen molar-refractivity contribution in [2.24, 2.45) is 5.73 Å². The number of ether oxygens (including phenoxy) is 2. The van der Waals surface area contributed by atoms with Crippen LogP contribution in [0.4, 0.5) is 0 Å². The topological polar surface area (TPSA) is 44.5 Å². The van der Waals surface area contributed by atoms with Crippen LogP contribution in [0.1, 0.15) is 45.1 Å². The third kappa shape index (κ3) is 5.79. The van der Waals surface area contributed by atoms with E-state index in [1.165, 1.54) is 19.3 Å². The minimum absolute atomic E-state index is 0.159. The molecule has 0 heterocycles. The molecular formula is C17H29NO2S. The van der Waals surface area contributed by atoms with Crippen LogP contribution in [0.5, 0.6) is 11.5 Å². The summed E-state index contributed by atoms with van der Waals surface area (Å²) in [5.41, 5.74) is 7.20. The van der Waals surface area contributed by atoms with Crippen molar-refractivity contribution in [1.82, 2.24) is 0 Å². The summed E-state index contributed by atoms with van der Waals surface area (Å²) < 4.78 is 11.1. The number of benzene rings is 1. The Balaban J connectivity index is 2.88. The molecule has 1 rings (SSSR count). The van der Waals surface area contributed by atoms with E-state index in [0.717, 1.165) is 40.6 Å². The first kappa shape index (κ1) is 18.2. The molecule has 0 fully saturated rings. The molecule has 21 heavy (non-hydrogen) atoms. The van der Waals surface area contributed by atoms with Crippen LogP contribution in [-0.4, -0.2) is 26.0 Å². The van der Waals surface area contributed by atoms with Crippen molar-refractivity contribution in [1.29, 1.82) is 0 Å². The average molecular weight is 311 g/mol. The molecule has 0 bridgehead atoms. The van der Waals surface area contributed by atoms with Crippen molar-refractivity contribution in [3.05, 3.63) is 17.7 Å². The molecule has 0 saturated carbocycles. The summed E-state index contributed by atoms with van der Waals surface area (Å²) in [7, 11) is 3.44. The van der Waals surface area contributed by atoms with E-state index in [2.05, 4.69) is 26.0 Å². The molecule has 4 heteroatoms. The number of rotatable bonds is 10. The maximum Gasteiger partial charge on any atom is 0.132 e. The third-order valence-electron chi connectivity index (χ3n) is 3.58. The lowest BCUT2D eigenvalue weighted by Crippen LogP contribution is -2.21. The Labute approximate surface area is 133 Å². The van der Waals surface area contributed by atoms with Crippen LogP contribution in [0.3, 0.4) is 0 Å². The zero-order valence-corrected chi connectivity index (χ0v) is 14.6. The van der Waals surface area contributed by atoms with Crippen molar-refractivity contribution in [3.63, 3.8) is 0 Å². The van der Waals surface area contributed by atoms with E-state index in [0.29, 0.717) is 0 Å². The fourth-order valence-corrected chi connectivity index (χ4v) is 3.21. The van der Waals surface area contributed by atoms with E-state index < -0.39 is 0 Å². The van der Waals surface area contributed by atoms with Gasteiger partial charge in [0.1, 0.15) is 11.5 Å². The highest BCUT2D eigenvalue weighted by Gasteiger charge is 2.13. The number of thioether (sulfide) groups is 1. The zero-order chi connectivity index (χ0) is 15.7. The van der Waals surface area contributed by atoms with Gasteiger partial charge >= 0.3 is 0 Å². The van der Waals surface area contributed by atoms with Crippen molar-refractivity contribution in [2.45, 2.75) is 56.9 Å². The van der Waals surface area contributed by atoms with E-state index in [1.807, 2.05) is 11.8 Å². The summed E-state index contributed by atoms with van der Waals surface area (Å²) in [6.45, 7) is 4.33. The maximum atomic E-state index is 6.07. The monoisotopic (exact) mass is 311 g/mol. The molecule has 3 nitrogen and oxygen atoms in total. The Morgan fingerprint density at radius 1 is 1.10 bits per heavy atom. The van der Waals surface area contributed by atoms with E-state index in [9.17, 15) is 0 Å². The molecular weight excluding hydrogens is 282 g/mol. The molecule has 0 amide bonds. The highest BCUT2D eigenvalue weighted by molar-refractivity contribution is 7.99. The molecule has 0 radical (unpaired) electrons. The van der Waals surface area contributed by atoms with Gasteiger partial charge in [-0.3, -0.25) is 0 Å². The second kappa shape index (κ2) is 9.96. The number of nitrogens with two attached hydrogens (primary N) is 1. The standard InChI is InChI=1S/C17H29NO2S/c1-5-7-8-9-21-17-12-15(19-3)13(10-14(18)6-2)11-16(17)20-4/h11-12,14H,5-10,18H2,1-4H3. The fourth-order valence-electron chi connectivity index (χ4n) is 2.17. The number of methoxy groups -OCH3 is 2. The van der Waals surface area contributed by atoms with Crippen molar-refractivity contribution >= 4 is 11.8 Å². The van der Waals surface area contributed by atoms with E-state index in [-0.39, 0.29) is 6.04 Å². The minimum Gasteiger partial charge on any atom is -0.496 e. The lowest BCUT2D eigenvalue weighted by Gasteiger charge is -2.16. The zero-order valence-electron chi connectivity index (χ0n) is 13.8. The van der Waals surface area contributed by atoms with Gasteiger partial charge in [-0.05, 0) is 42.7 Å². The van der Waals surface area contributed by atoms with Gasteiger partial charge in [-0.1, -0.05) is 26.7 Å². The summed E-state index contributed by atoms with van der Waals surface area (Å²) in [6, 6.07) is 4.33. The van der Waals surface area contributed by atoms with Gasteiger partial charge < -0.3 is 15.2 Å². The summed E-state index contributed by atoms with van der Waals surface area (Å²) in [4.78, 5) is 1.15. The van der Waals surface area contributed by atoms with Gasteiger partial charge in [0.2, 0.25) is 0 Å². The summed E-state index contributed by atoms with van der Waals surface area (Å²) in [6.07, 6.45) is 5.52. The Kier molecular flexibility index (Phi) is 8.62. The average Bonchev–Trinajstić information content (AvgIpc) is 2.51. The summed E-state index contributed by atoms with van der Waals surface area (Å²) in [5.74, 6) is 2.95. The molecule has 0 aromatic heterocycles. The first-order chi connectivity index (χ1) is 10.2. The lowest BCUT2D eigenvalue weighted by molar-refractivity contribution is 0.389. The van der Waals surface area contributed by atoms with E-state index in [4.69, 9.17) is 15.2 Å². The maximum absolute atomic E-state index is 6.07. The van der Waals surface area contributed by atoms with Crippen molar-refractivity contribution in [3.8, 4) is 11.5 Å². The molecule has 0 aliphatic rings. The summed E-state index contributed by atoms with van der Waals surface area (Å²) in [5, 5.41) is 0. The van der Waals surface area contributed by atoms with Crippen LogP contribution in [0, 0.1) is 0 Å². The molecule has 0 aliphatic heterocycles. The molecule has 0 spiro atoms. The molecule has 2 N–H and O–H groups in total. The smallest absolute Gasteiger partial charge is 0.132 e. The van der Waals surface area contributed by atoms with Gasteiger partial charge in [-0.25, -0.2) is 0 Å².